The van der Waals surface area contributed by atoms with Gasteiger partial charge in [-0.25, -0.2) is 4.98 Å². The predicted molar refractivity (Wildman–Crippen MR) is 189 cm³/mol. The molecule has 9 heteroatoms. The summed E-state index contributed by atoms with van der Waals surface area (Å²) in [5, 5.41) is 5.37. The lowest BCUT2D eigenvalue weighted by atomic mass is 9.79. The number of nitrogens with zero attached hydrogens (tertiary/aromatic N) is 2. The van der Waals surface area contributed by atoms with Crippen LogP contribution in [0.25, 0.3) is 21.9 Å². The number of hydrogen-bond donors (Lipinski definition) is 2. The van der Waals surface area contributed by atoms with E-state index in [2.05, 4.69) is 46.9 Å². The molecule has 0 unspecified atom stereocenters. The van der Waals surface area contributed by atoms with Crippen molar-refractivity contribution in [2.24, 2.45) is 0 Å². The third-order valence-corrected chi connectivity index (χ3v) is 9.38. The minimum Gasteiger partial charge on any atom is -0.361 e. The number of carbonyl (C=O) groups excluding carboxylic acids is 2. The van der Waals surface area contributed by atoms with E-state index in [1.54, 1.807) is 12.1 Å². The molecule has 0 bridgehead atoms. The number of para-hydroxylation sites is 1. The third-order valence-electron chi connectivity index (χ3n) is 8.58. The van der Waals surface area contributed by atoms with Crippen molar-refractivity contribution in [3.8, 4) is 11.1 Å². The fourth-order valence-corrected chi connectivity index (χ4v) is 6.86. The van der Waals surface area contributed by atoms with E-state index in [-0.39, 0.29) is 23.7 Å². The molecule has 47 heavy (non-hydrogen) atoms. The Labute approximate surface area is 277 Å². The molecule has 244 valence electrons. The number of hydrogen-bond acceptors (Lipinski definition) is 6. The summed E-state index contributed by atoms with van der Waals surface area (Å²) in [6.45, 7) is 8.62. The van der Waals surface area contributed by atoms with Crippen LogP contribution in [0.4, 0.5) is 11.4 Å². The van der Waals surface area contributed by atoms with Gasteiger partial charge in [-0.15, -0.1) is 0 Å². The predicted octanol–water partition coefficient (Wildman–Crippen LogP) is 8.15. The van der Waals surface area contributed by atoms with E-state index < -0.39 is 15.5 Å². The quantitative estimate of drug-likeness (QED) is 0.0802. The first-order valence-corrected chi connectivity index (χ1v) is 17.8. The van der Waals surface area contributed by atoms with E-state index in [1.807, 2.05) is 68.6 Å². The van der Waals surface area contributed by atoms with Crippen molar-refractivity contribution >= 4 is 49.5 Å². The molecule has 0 atom stereocenters. The molecular formula is C38H42N3O5S+. The monoisotopic (exact) mass is 652 g/mol. The summed E-state index contributed by atoms with van der Waals surface area (Å²) in [5.41, 5.74) is 5.87. The maximum atomic E-state index is 12.9. The van der Waals surface area contributed by atoms with Gasteiger partial charge in [0.1, 0.15) is 17.9 Å². The molecule has 1 aliphatic heterocycles. The van der Waals surface area contributed by atoms with Gasteiger partial charge in [-0.2, -0.15) is 13.0 Å². The first-order valence-electron chi connectivity index (χ1n) is 16.2. The van der Waals surface area contributed by atoms with E-state index in [0.29, 0.717) is 43.6 Å². The van der Waals surface area contributed by atoms with Gasteiger partial charge in [-0.05, 0) is 85.0 Å². The molecule has 0 radical (unpaired) electrons. The Bertz CT molecular complexity index is 1960. The Hall–Kier alpha value is -4.47. The number of Topliss-reactive ketones (excluding diaryl/α,β-unsaturated/α-hetero) is 2. The molecule has 4 aromatic rings. The number of aromatic nitrogens is 1. The van der Waals surface area contributed by atoms with E-state index in [1.165, 1.54) is 0 Å². The highest BCUT2D eigenvalue weighted by Crippen LogP contribution is 2.45. The first kappa shape index (κ1) is 33.9. The van der Waals surface area contributed by atoms with Crippen molar-refractivity contribution in [1.29, 1.82) is 0 Å². The van der Waals surface area contributed by atoms with Crippen LogP contribution in [0.1, 0.15) is 86.3 Å². The van der Waals surface area contributed by atoms with Crippen LogP contribution in [0, 0.1) is 0 Å². The Morgan fingerprint density at radius 1 is 0.894 bits per heavy atom. The van der Waals surface area contributed by atoms with Crippen LogP contribution in [0.2, 0.25) is 0 Å². The first-order chi connectivity index (χ1) is 22.4. The molecule has 0 spiro atoms. The van der Waals surface area contributed by atoms with Crippen LogP contribution in [-0.2, 0) is 15.5 Å². The normalized spacial score (nSPS) is 14.1. The van der Waals surface area contributed by atoms with Gasteiger partial charge < -0.3 is 5.32 Å². The molecule has 1 aliphatic rings. The number of nitrogens with one attached hydrogen (secondary N) is 1. The van der Waals surface area contributed by atoms with Crippen LogP contribution in [-0.4, -0.2) is 52.1 Å². The summed E-state index contributed by atoms with van der Waals surface area (Å²) in [4.78, 5) is 30.2. The van der Waals surface area contributed by atoms with Crippen molar-refractivity contribution in [1.82, 2.24) is 4.98 Å². The highest BCUT2D eigenvalue weighted by Gasteiger charge is 2.45. The average molecular weight is 653 g/mol. The lowest BCUT2D eigenvalue weighted by Gasteiger charge is -2.18. The number of pyridine rings is 1. The number of allylic oxidation sites excluding steroid dienone is 1. The Balaban J connectivity index is 1.58. The van der Waals surface area contributed by atoms with Crippen molar-refractivity contribution in [2.45, 2.75) is 65.2 Å². The van der Waals surface area contributed by atoms with Gasteiger partial charge in [0.25, 0.3) is 10.1 Å². The molecule has 2 heterocycles. The zero-order chi connectivity index (χ0) is 33.8. The van der Waals surface area contributed by atoms with E-state index in [4.69, 9.17) is 0 Å². The molecule has 0 saturated heterocycles. The van der Waals surface area contributed by atoms with Crippen molar-refractivity contribution in [3.05, 3.63) is 102 Å². The highest BCUT2D eigenvalue weighted by molar-refractivity contribution is 7.85. The molecule has 0 amide bonds. The second-order valence-electron chi connectivity index (χ2n) is 12.5. The van der Waals surface area contributed by atoms with Crippen molar-refractivity contribution < 1.29 is 27.1 Å². The summed E-state index contributed by atoms with van der Waals surface area (Å²) < 4.78 is 34.7. The van der Waals surface area contributed by atoms with E-state index in [9.17, 15) is 22.6 Å². The highest BCUT2D eigenvalue weighted by atomic mass is 32.2. The lowest BCUT2D eigenvalue weighted by molar-refractivity contribution is -0.437. The van der Waals surface area contributed by atoms with Gasteiger partial charge >= 0.3 is 0 Å². The van der Waals surface area contributed by atoms with Crippen LogP contribution >= 0.6 is 0 Å². The Morgan fingerprint density at radius 2 is 1.55 bits per heavy atom. The molecule has 1 aromatic heterocycles. The number of carbonyl (C=O) groups is 2. The molecule has 0 fully saturated rings. The Morgan fingerprint density at radius 3 is 2.17 bits per heavy atom. The number of ketones is 2. The molecular weight excluding hydrogens is 611 g/mol. The minimum absolute atomic E-state index is 0.0766. The zero-order valence-corrected chi connectivity index (χ0v) is 28.2. The van der Waals surface area contributed by atoms with Gasteiger partial charge in [-0.1, -0.05) is 44.2 Å². The maximum Gasteiger partial charge on any atom is 0.265 e. The third kappa shape index (κ3) is 7.58. The van der Waals surface area contributed by atoms with Crippen LogP contribution < -0.4 is 5.32 Å². The molecule has 0 saturated carbocycles. The van der Waals surface area contributed by atoms with Gasteiger partial charge in [-0.3, -0.25) is 14.1 Å². The van der Waals surface area contributed by atoms with Crippen molar-refractivity contribution in [3.63, 3.8) is 0 Å². The minimum atomic E-state index is -4.10. The second kappa shape index (κ2) is 14.1. The fraction of sp³-hybridized carbons (Fsp3) is 0.316. The standard InChI is InChI=1S/C38H41N3O5S/c1-5-11-34(42)31-24-28(25-32(40-31)35(43)12-6-2)26-15-17-30-27(23-26)16-18-33-37(30)38(3,4)36(41(33)21-10-22-47(44,45)46)19-20-39-29-13-8-7-9-14-29/h7-9,13-20,23-25H,5-6,10-12,21-22H2,1-4H3,(H,44,45,46)/p+1. The molecule has 3 aromatic carbocycles. The van der Waals surface area contributed by atoms with E-state index in [0.717, 1.165) is 44.5 Å². The second-order valence-corrected chi connectivity index (χ2v) is 14.1. The maximum absolute atomic E-state index is 12.9. The lowest BCUT2D eigenvalue weighted by Crippen LogP contribution is -2.28. The van der Waals surface area contributed by atoms with Crippen LogP contribution in [0.3, 0.4) is 0 Å². The number of benzene rings is 3. The number of rotatable bonds is 14. The summed E-state index contributed by atoms with van der Waals surface area (Å²) in [6.07, 6.45) is 6.31. The summed E-state index contributed by atoms with van der Waals surface area (Å²) >= 11 is 0. The van der Waals surface area contributed by atoms with Crippen molar-refractivity contribution in [2.75, 3.05) is 17.6 Å². The van der Waals surface area contributed by atoms with Crippen LogP contribution in [0.15, 0.2) is 85.1 Å². The number of fused-ring (bicyclic) bond motifs is 3. The zero-order valence-electron chi connectivity index (χ0n) is 27.4. The number of anilines is 1. The summed E-state index contributed by atoms with van der Waals surface area (Å²) in [6, 6.07) is 23.7. The fourth-order valence-electron chi connectivity index (χ4n) is 6.36. The topological polar surface area (TPSA) is 116 Å². The smallest absolute Gasteiger partial charge is 0.265 e. The van der Waals surface area contributed by atoms with Gasteiger partial charge in [0.2, 0.25) is 5.69 Å². The largest absolute Gasteiger partial charge is 0.361 e. The molecule has 2 N–H and O–H groups in total. The van der Waals surface area contributed by atoms with Gasteiger partial charge in [0, 0.05) is 48.9 Å². The Kier molecular flexibility index (Phi) is 10.2. The van der Waals surface area contributed by atoms with E-state index >= 15 is 0 Å². The van der Waals surface area contributed by atoms with Crippen LogP contribution in [0.5, 0.6) is 0 Å². The SMILES string of the molecule is CCCC(=O)c1cc(-c2ccc3c4c(ccc3c2)[N+](CCCS(=O)(=O)O)=C(/C=C/Nc2ccccc2)C4(C)C)cc(C(=O)CCC)n1. The summed E-state index contributed by atoms with van der Waals surface area (Å²) in [5.74, 6) is -0.480. The molecule has 8 nitrogen and oxygen atoms in total. The average Bonchev–Trinajstić information content (AvgIpc) is 3.26. The van der Waals surface area contributed by atoms with Gasteiger partial charge in [0.15, 0.2) is 17.3 Å². The van der Waals surface area contributed by atoms with Gasteiger partial charge in [0.05, 0.1) is 11.2 Å². The molecule has 0 aliphatic carbocycles. The summed E-state index contributed by atoms with van der Waals surface area (Å²) in [7, 11) is -4.10. The molecule has 5 rings (SSSR count).